The van der Waals surface area contributed by atoms with Crippen molar-refractivity contribution in [2.24, 2.45) is 7.05 Å². The van der Waals surface area contributed by atoms with Crippen LogP contribution in [0, 0.1) is 0 Å². The maximum atomic E-state index is 6.15. The molecular formula is C13H25N5O. The van der Waals surface area contributed by atoms with E-state index in [2.05, 4.69) is 36.2 Å². The van der Waals surface area contributed by atoms with Gasteiger partial charge in [-0.15, -0.1) is 0 Å². The van der Waals surface area contributed by atoms with Crippen LogP contribution in [0.25, 0.3) is 0 Å². The molecule has 3 N–H and O–H groups in total. The van der Waals surface area contributed by atoms with E-state index in [1.54, 1.807) is 0 Å². The lowest BCUT2D eigenvalue weighted by Crippen LogP contribution is -2.43. The van der Waals surface area contributed by atoms with Crippen molar-refractivity contribution in [3.05, 3.63) is 5.69 Å². The number of aromatic nitrogens is 2. The van der Waals surface area contributed by atoms with E-state index in [9.17, 15) is 0 Å². The minimum absolute atomic E-state index is 0.204. The molecule has 0 aliphatic carbocycles. The quantitative estimate of drug-likeness (QED) is 0.847. The van der Waals surface area contributed by atoms with E-state index in [1.165, 1.54) is 0 Å². The molecule has 0 spiro atoms. The highest BCUT2D eigenvalue weighted by Gasteiger charge is 2.20. The van der Waals surface area contributed by atoms with E-state index in [0.29, 0.717) is 5.92 Å². The summed E-state index contributed by atoms with van der Waals surface area (Å²) in [5.41, 5.74) is 7.85. The second kappa shape index (κ2) is 5.79. The summed E-state index contributed by atoms with van der Waals surface area (Å²) in [6, 6.07) is 0. The van der Waals surface area contributed by atoms with E-state index in [4.69, 9.17) is 10.5 Å². The molecule has 0 aromatic carbocycles. The first kappa shape index (κ1) is 14.1. The van der Waals surface area contributed by atoms with Crippen molar-refractivity contribution < 1.29 is 4.74 Å². The standard InChI is InChI=1S/C13H25N5O/c1-9(2)12-11(14)13(18(4)16-12)15-7-10-8-17(3)5-6-19-10/h9-10,15H,5-8,14H2,1-4H3. The molecule has 1 aliphatic heterocycles. The van der Waals surface area contributed by atoms with Gasteiger partial charge in [0.15, 0.2) is 0 Å². The fourth-order valence-corrected chi connectivity index (χ4v) is 2.40. The molecule has 108 valence electrons. The molecule has 1 aliphatic rings. The Labute approximate surface area is 114 Å². The average molecular weight is 267 g/mol. The highest BCUT2D eigenvalue weighted by Crippen LogP contribution is 2.27. The average Bonchev–Trinajstić information content (AvgIpc) is 2.63. The lowest BCUT2D eigenvalue weighted by molar-refractivity contribution is -0.0117. The first-order valence-corrected chi connectivity index (χ1v) is 6.85. The molecule has 1 atom stereocenters. The first-order chi connectivity index (χ1) is 8.99. The number of likely N-dealkylation sites (N-methyl/N-ethyl adjacent to an activating group) is 1. The lowest BCUT2D eigenvalue weighted by atomic mass is 10.1. The fraction of sp³-hybridized carbons (Fsp3) is 0.769. The number of aryl methyl sites for hydroxylation is 1. The van der Waals surface area contributed by atoms with Crippen molar-refractivity contribution in [1.82, 2.24) is 14.7 Å². The van der Waals surface area contributed by atoms with E-state index >= 15 is 0 Å². The Balaban J connectivity index is 1.99. The summed E-state index contributed by atoms with van der Waals surface area (Å²) in [6.07, 6.45) is 0.204. The molecule has 1 fully saturated rings. The molecule has 1 aromatic rings. The van der Waals surface area contributed by atoms with Gasteiger partial charge < -0.3 is 20.7 Å². The molecule has 2 rings (SSSR count). The number of nitrogens with two attached hydrogens (primary N) is 1. The number of nitrogens with zero attached hydrogens (tertiary/aromatic N) is 3. The van der Waals surface area contributed by atoms with Crippen LogP contribution in [0.2, 0.25) is 0 Å². The van der Waals surface area contributed by atoms with Gasteiger partial charge in [0.25, 0.3) is 0 Å². The third kappa shape index (κ3) is 3.19. The fourth-order valence-electron chi connectivity index (χ4n) is 2.40. The maximum Gasteiger partial charge on any atom is 0.147 e. The number of hydrogen-bond acceptors (Lipinski definition) is 5. The summed E-state index contributed by atoms with van der Waals surface area (Å²) in [5.74, 6) is 1.22. The van der Waals surface area contributed by atoms with E-state index in [1.807, 2.05) is 11.7 Å². The van der Waals surface area contributed by atoms with Crippen molar-refractivity contribution in [2.75, 3.05) is 44.3 Å². The third-order valence-corrected chi connectivity index (χ3v) is 3.50. The minimum Gasteiger partial charge on any atom is -0.394 e. The highest BCUT2D eigenvalue weighted by atomic mass is 16.5. The Bertz CT molecular complexity index is 429. The van der Waals surface area contributed by atoms with Crippen molar-refractivity contribution >= 4 is 11.5 Å². The minimum atomic E-state index is 0.204. The van der Waals surface area contributed by atoms with Crippen molar-refractivity contribution in [1.29, 1.82) is 0 Å². The van der Waals surface area contributed by atoms with Crippen molar-refractivity contribution in [3.8, 4) is 0 Å². The number of ether oxygens (including phenoxy) is 1. The van der Waals surface area contributed by atoms with Crippen molar-refractivity contribution in [3.63, 3.8) is 0 Å². The monoisotopic (exact) mass is 267 g/mol. The summed E-state index contributed by atoms with van der Waals surface area (Å²) in [4.78, 5) is 2.28. The second-order valence-electron chi connectivity index (χ2n) is 5.56. The molecule has 19 heavy (non-hydrogen) atoms. The van der Waals surface area contributed by atoms with Crippen LogP contribution < -0.4 is 11.1 Å². The van der Waals surface area contributed by atoms with Gasteiger partial charge >= 0.3 is 0 Å². The number of nitrogen functional groups attached to an aromatic ring is 1. The van der Waals surface area contributed by atoms with Crippen LogP contribution in [0.5, 0.6) is 0 Å². The van der Waals surface area contributed by atoms with Gasteiger partial charge in [-0.25, -0.2) is 0 Å². The molecule has 0 amide bonds. The molecular weight excluding hydrogens is 242 g/mol. The second-order valence-corrected chi connectivity index (χ2v) is 5.56. The van der Waals surface area contributed by atoms with Crippen LogP contribution in [-0.2, 0) is 11.8 Å². The largest absolute Gasteiger partial charge is 0.394 e. The van der Waals surface area contributed by atoms with Crippen LogP contribution in [0.15, 0.2) is 0 Å². The summed E-state index contributed by atoms with van der Waals surface area (Å²) in [5, 5.41) is 7.84. The summed E-state index contributed by atoms with van der Waals surface area (Å²) < 4.78 is 7.55. The summed E-state index contributed by atoms with van der Waals surface area (Å²) in [6.45, 7) is 7.69. The predicted octanol–water partition coefficient (Wildman–Crippen LogP) is 0.868. The Morgan fingerprint density at radius 1 is 1.47 bits per heavy atom. The van der Waals surface area contributed by atoms with Gasteiger partial charge in [0.2, 0.25) is 0 Å². The number of nitrogens with one attached hydrogen (secondary N) is 1. The zero-order valence-corrected chi connectivity index (χ0v) is 12.3. The first-order valence-electron chi connectivity index (χ1n) is 6.85. The van der Waals surface area contributed by atoms with Crippen molar-refractivity contribution in [2.45, 2.75) is 25.9 Å². The smallest absolute Gasteiger partial charge is 0.147 e. The van der Waals surface area contributed by atoms with Gasteiger partial charge in [0.1, 0.15) is 5.82 Å². The van der Waals surface area contributed by atoms with E-state index < -0.39 is 0 Å². The summed E-state index contributed by atoms with van der Waals surface area (Å²) >= 11 is 0. The topological polar surface area (TPSA) is 68.3 Å². The molecule has 2 heterocycles. The van der Waals surface area contributed by atoms with Gasteiger partial charge in [-0.05, 0) is 13.0 Å². The van der Waals surface area contributed by atoms with Crippen LogP contribution >= 0.6 is 0 Å². The van der Waals surface area contributed by atoms with Gasteiger partial charge in [0, 0.05) is 26.7 Å². The molecule has 1 aromatic heterocycles. The zero-order chi connectivity index (χ0) is 14.0. The SMILES string of the molecule is CC(C)c1nn(C)c(NCC2CN(C)CCO2)c1N. The van der Waals surface area contributed by atoms with Crippen LogP contribution in [-0.4, -0.2) is 54.1 Å². The molecule has 6 nitrogen and oxygen atoms in total. The van der Waals surface area contributed by atoms with Gasteiger partial charge in [-0.3, -0.25) is 4.68 Å². The maximum absolute atomic E-state index is 6.15. The Kier molecular flexibility index (Phi) is 4.31. The van der Waals surface area contributed by atoms with Gasteiger partial charge in [-0.2, -0.15) is 5.10 Å². The normalized spacial score (nSPS) is 21.0. The molecule has 6 heteroatoms. The molecule has 0 radical (unpaired) electrons. The zero-order valence-electron chi connectivity index (χ0n) is 12.3. The van der Waals surface area contributed by atoms with Crippen LogP contribution in [0.3, 0.4) is 0 Å². The molecule has 0 bridgehead atoms. The van der Waals surface area contributed by atoms with E-state index in [0.717, 1.165) is 43.4 Å². The Morgan fingerprint density at radius 3 is 2.79 bits per heavy atom. The van der Waals surface area contributed by atoms with Gasteiger partial charge in [-0.1, -0.05) is 13.8 Å². The van der Waals surface area contributed by atoms with Crippen LogP contribution in [0.4, 0.5) is 11.5 Å². The van der Waals surface area contributed by atoms with Crippen LogP contribution in [0.1, 0.15) is 25.5 Å². The van der Waals surface area contributed by atoms with Gasteiger partial charge in [0.05, 0.1) is 24.1 Å². The predicted molar refractivity (Wildman–Crippen MR) is 77.4 cm³/mol. The number of morpholine rings is 1. The Morgan fingerprint density at radius 2 is 2.21 bits per heavy atom. The highest BCUT2D eigenvalue weighted by molar-refractivity contribution is 5.65. The third-order valence-electron chi connectivity index (χ3n) is 3.50. The molecule has 1 saturated heterocycles. The lowest BCUT2D eigenvalue weighted by Gasteiger charge is -2.30. The molecule has 0 saturated carbocycles. The summed E-state index contributed by atoms with van der Waals surface area (Å²) in [7, 11) is 4.03. The van der Waals surface area contributed by atoms with E-state index in [-0.39, 0.29) is 6.10 Å². The number of rotatable bonds is 4. The number of anilines is 2. The Hall–Kier alpha value is -1.27. The number of hydrogen-bond donors (Lipinski definition) is 2. The molecule has 1 unspecified atom stereocenters.